The van der Waals surface area contributed by atoms with Gasteiger partial charge in [-0.15, -0.1) is 0 Å². The van der Waals surface area contributed by atoms with Crippen LogP contribution in [-0.2, 0) is 23.3 Å². The number of carbonyl (C=O) groups is 2. The number of amides is 1. The number of carboxylic acids is 1. The van der Waals surface area contributed by atoms with Crippen molar-refractivity contribution in [2.75, 3.05) is 0 Å². The molecule has 1 heterocycles. The third-order valence-electron chi connectivity index (χ3n) is 5.93. The molecule has 1 aromatic heterocycles. The smallest absolute Gasteiger partial charge is 0.316 e. The summed E-state index contributed by atoms with van der Waals surface area (Å²) < 4.78 is 1.66. The number of aliphatic carboxylic acids is 1. The summed E-state index contributed by atoms with van der Waals surface area (Å²) in [6.07, 6.45) is 2.24. The quantitative estimate of drug-likeness (QED) is 0.384. The van der Waals surface area contributed by atoms with E-state index in [0.717, 1.165) is 16.5 Å². The van der Waals surface area contributed by atoms with Gasteiger partial charge in [-0.05, 0) is 41.8 Å². The van der Waals surface area contributed by atoms with Gasteiger partial charge < -0.3 is 10.4 Å². The Morgan fingerprint density at radius 3 is 2.55 bits per heavy atom. The van der Waals surface area contributed by atoms with E-state index in [4.69, 9.17) is 11.6 Å². The summed E-state index contributed by atoms with van der Waals surface area (Å²) in [5, 5.41) is 19.0. The lowest BCUT2D eigenvalue weighted by Gasteiger charge is -2.28. The van der Waals surface area contributed by atoms with Crippen LogP contribution in [0.25, 0.3) is 10.9 Å². The fraction of sp³-hybridized carbons (Fsp3) is 0.192. The molecule has 1 unspecified atom stereocenters. The minimum absolute atomic E-state index is 0.188. The van der Waals surface area contributed by atoms with Crippen molar-refractivity contribution in [2.24, 2.45) is 0 Å². The molecule has 0 spiro atoms. The van der Waals surface area contributed by atoms with Crippen molar-refractivity contribution in [3.8, 4) is 0 Å². The van der Waals surface area contributed by atoms with Gasteiger partial charge in [0.25, 0.3) is 5.91 Å². The normalized spacial score (nSPS) is 12.9. The van der Waals surface area contributed by atoms with Crippen molar-refractivity contribution in [1.82, 2.24) is 15.1 Å². The van der Waals surface area contributed by atoms with Gasteiger partial charge in [0.2, 0.25) is 0 Å². The van der Waals surface area contributed by atoms with E-state index in [0.29, 0.717) is 29.1 Å². The standard InChI is InChI=1S/C26H24ClN3O3/c1-2-26(25(32)33,21-8-4-3-5-9-21)17-30-16-20-12-11-19(14-23(20)29-30)24(31)28-15-18-7-6-10-22(27)13-18/h3-14,16H,2,15,17H2,1H3,(H,28,31)(H,32,33). The molecule has 4 aromatic rings. The Kier molecular flexibility index (Phi) is 6.47. The zero-order valence-electron chi connectivity index (χ0n) is 18.2. The van der Waals surface area contributed by atoms with Crippen LogP contribution in [0.2, 0.25) is 5.02 Å². The van der Waals surface area contributed by atoms with Crippen LogP contribution in [0.15, 0.2) is 79.0 Å². The zero-order chi connectivity index (χ0) is 23.4. The van der Waals surface area contributed by atoms with Gasteiger partial charge in [0.15, 0.2) is 0 Å². The van der Waals surface area contributed by atoms with Gasteiger partial charge in [-0.25, -0.2) is 0 Å². The summed E-state index contributed by atoms with van der Waals surface area (Å²) in [4.78, 5) is 25.0. The average molecular weight is 462 g/mol. The molecule has 0 saturated heterocycles. The molecule has 6 nitrogen and oxygen atoms in total. The molecule has 2 N–H and O–H groups in total. The number of nitrogens with one attached hydrogen (secondary N) is 1. The second-order valence-electron chi connectivity index (χ2n) is 8.02. The molecule has 4 rings (SSSR count). The van der Waals surface area contributed by atoms with Crippen molar-refractivity contribution >= 4 is 34.4 Å². The Hall–Kier alpha value is -3.64. The van der Waals surface area contributed by atoms with Crippen molar-refractivity contribution in [3.05, 3.63) is 101 Å². The second kappa shape index (κ2) is 9.46. The van der Waals surface area contributed by atoms with Crippen LogP contribution in [0.3, 0.4) is 0 Å². The lowest BCUT2D eigenvalue weighted by atomic mass is 9.78. The lowest BCUT2D eigenvalue weighted by molar-refractivity contribution is -0.144. The van der Waals surface area contributed by atoms with Crippen molar-refractivity contribution in [2.45, 2.75) is 31.8 Å². The molecule has 33 heavy (non-hydrogen) atoms. The Bertz CT molecular complexity index is 1300. The molecule has 0 radical (unpaired) electrons. The minimum atomic E-state index is -1.10. The van der Waals surface area contributed by atoms with Gasteiger partial charge in [-0.2, -0.15) is 5.10 Å². The number of nitrogens with zero attached hydrogens (tertiary/aromatic N) is 2. The van der Waals surface area contributed by atoms with Crippen LogP contribution in [0.5, 0.6) is 0 Å². The molecule has 0 bridgehead atoms. The summed E-state index contributed by atoms with van der Waals surface area (Å²) in [5.41, 5.74) is 1.67. The maximum absolute atomic E-state index is 12.6. The van der Waals surface area contributed by atoms with E-state index < -0.39 is 11.4 Å². The molecule has 0 aliphatic heterocycles. The van der Waals surface area contributed by atoms with E-state index >= 15 is 0 Å². The third kappa shape index (κ3) is 4.76. The number of carboxylic acid groups (broad SMARTS) is 1. The largest absolute Gasteiger partial charge is 0.481 e. The second-order valence-corrected chi connectivity index (χ2v) is 8.46. The molecule has 0 saturated carbocycles. The van der Waals surface area contributed by atoms with E-state index in [1.807, 2.05) is 67.7 Å². The van der Waals surface area contributed by atoms with E-state index in [9.17, 15) is 14.7 Å². The van der Waals surface area contributed by atoms with Gasteiger partial charge in [0, 0.05) is 28.7 Å². The van der Waals surface area contributed by atoms with Crippen LogP contribution in [0, 0.1) is 0 Å². The number of carbonyl (C=O) groups excluding carboxylic acids is 1. The van der Waals surface area contributed by atoms with E-state index in [-0.39, 0.29) is 12.5 Å². The Labute approximate surface area is 196 Å². The Balaban J connectivity index is 1.56. The van der Waals surface area contributed by atoms with E-state index in [1.54, 1.807) is 22.9 Å². The minimum Gasteiger partial charge on any atom is -0.481 e. The molecular weight excluding hydrogens is 438 g/mol. The van der Waals surface area contributed by atoms with Gasteiger partial charge in [-0.3, -0.25) is 14.3 Å². The molecule has 1 amide bonds. The summed E-state index contributed by atoms with van der Waals surface area (Å²) in [6, 6.07) is 21.8. The molecule has 0 fully saturated rings. The first-order valence-electron chi connectivity index (χ1n) is 10.7. The first kappa shape index (κ1) is 22.6. The van der Waals surface area contributed by atoms with Gasteiger partial charge in [0.05, 0.1) is 12.1 Å². The Morgan fingerprint density at radius 2 is 1.85 bits per heavy atom. The fourth-order valence-corrected chi connectivity index (χ4v) is 4.22. The van der Waals surface area contributed by atoms with Crippen molar-refractivity contribution in [3.63, 3.8) is 0 Å². The number of hydrogen-bond acceptors (Lipinski definition) is 3. The first-order valence-corrected chi connectivity index (χ1v) is 11.1. The number of benzene rings is 3. The zero-order valence-corrected chi connectivity index (χ0v) is 18.9. The molecule has 7 heteroatoms. The monoisotopic (exact) mass is 461 g/mol. The molecule has 1 atom stereocenters. The molecule has 168 valence electrons. The highest BCUT2D eigenvalue weighted by Crippen LogP contribution is 2.31. The predicted octanol–water partition coefficient (Wildman–Crippen LogP) is 5.05. The predicted molar refractivity (Wildman–Crippen MR) is 128 cm³/mol. The lowest BCUT2D eigenvalue weighted by Crippen LogP contribution is -2.39. The SMILES string of the molecule is CCC(Cn1cc2ccc(C(=O)NCc3cccc(Cl)c3)cc2n1)(C(=O)O)c1ccccc1. The van der Waals surface area contributed by atoms with E-state index in [2.05, 4.69) is 10.4 Å². The third-order valence-corrected chi connectivity index (χ3v) is 6.17. The number of hydrogen-bond donors (Lipinski definition) is 2. The first-order chi connectivity index (χ1) is 15.9. The highest BCUT2D eigenvalue weighted by molar-refractivity contribution is 6.30. The summed E-state index contributed by atoms with van der Waals surface area (Å²) in [5.74, 6) is -1.11. The van der Waals surface area contributed by atoms with Crippen LogP contribution >= 0.6 is 11.6 Å². The topological polar surface area (TPSA) is 84.2 Å². The molecule has 3 aromatic carbocycles. The van der Waals surface area contributed by atoms with Gasteiger partial charge in [-0.1, -0.05) is 67.1 Å². The summed E-state index contributed by atoms with van der Waals surface area (Å²) in [7, 11) is 0. The Morgan fingerprint density at radius 1 is 1.06 bits per heavy atom. The highest BCUT2D eigenvalue weighted by Gasteiger charge is 2.39. The van der Waals surface area contributed by atoms with Crippen LogP contribution in [-0.4, -0.2) is 26.8 Å². The molecular formula is C26H24ClN3O3. The number of halogens is 1. The number of aromatic nitrogens is 2. The van der Waals surface area contributed by atoms with Crippen LogP contribution in [0.1, 0.15) is 34.8 Å². The van der Waals surface area contributed by atoms with Crippen molar-refractivity contribution < 1.29 is 14.7 Å². The average Bonchev–Trinajstić information content (AvgIpc) is 3.23. The summed E-state index contributed by atoms with van der Waals surface area (Å²) >= 11 is 6.00. The highest BCUT2D eigenvalue weighted by atomic mass is 35.5. The van der Waals surface area contributed by atoms with Crippen LogP contribution in [0.4, 0.5) is 0 Å². The van der Waals surface area contributed by atoms with Crippen LogP contribution < -0.4 is 5.32 Å². The maximum Gasteiger partial charge on any atom is 0.316 e. The van der Waals surface area contributed by atoms with Gasteiger partial charge >= 0.3 is 5.97 Å². The van der Waals surface area contributed by atoms with E-state index in [1.165, 1.54) is 0 Å². The van der Waals surface area contributed by atoms with Crippen molar-refractivity contribution in [1.29, 1.82) is 0 Å². The van der Waals surface area contributed by atoms with Gasteiger partial charge in [0.1, 0.15) is 5.41 Å². The molecule has 0 aliphatic carbocycles. The molecule has 0 aliphatic rings. The maximum atomic E-state index is 12.6. The fourth-order valence-electron chi connectivity index (χ4n) is 4.00. The number of rotatable bonds is 8. The number of fused-ring (bicyclic) bond motifs is 1. The summed E-state index contributed by atoms with van der Waals surface area (Å²) in [6.45, 7) is 2.42.